The van der Waals surface area contributed by atoms with Gasteiger partial charge in [-0.3, -0.25) is 9.59 Å². The second-order valence-electron chi connectivity index (χ2n) is 8.52. The molecule has 0 bridgehead atoms. The number of carbonyl (C=O) groups is 2. The molecule has 0 aliphatic heterocycles. The van der Waals surface area contributed by atoms with Gasteiger partial charge in [0.15, 0.2) is 13.2 Å². The fourth-order valence-corrected chi connectivity index (χ4v) is 2.42. The van der Waals surface area contributed by atoms with E-state index in [4.69, 9.17) is 0 Å². The Morgan fingerprint density at radius 3 is 0.804 bits per heavy atom. The molecule has 4 nitrogen and oxygen atoms in total. The van der Waals surface area contributed by atoms with Gasteiger partial charge in [0.1, 0.15) is 0 Å². The normalized spacial score (nSPS) is 15.4. The van der Waals surface area contributed by atoms with Crippen LogP contribution >= 0.6 is 0 Å². The van der Waals surface area contributed by atoms with Gasteiger partial charge in [-0.1, -0.05) is 0 Å². The van der Waals surface area contributed by atoms with Crippen LogP contribution in [-0.4, -0.2) is 97.2 Å². The molecule has 0 aliphatic rings. The van der Waals surface area contributed by atoms with Gasteiger partial charge >= 0.3 is 84.0 Å². The van der Waals surface area contributed by atoms with E-state index >= 15 is 0 Å². The van der Waals surface area contributed by atoms with Crippen LogP contribution in [0, 0.1) is 0 Å². The van der Waals surface area contributed by atoms with Crippen molar-refractivity contribution in [3.05, 3.63) is 0 Å². The van der Waals surface area contributed by atoms with E-state index in [1.165, 1.54) is 0 Å². The van der Waals surface area contributed by atoms with Crippen LogP contribution in [0.4, 0.5) is 105 Å². The Morgan fingerprint density at radius 2 is 0.609 bits per heavy atom. The van der Waals surface area contributed by atoms with Crippen molar-refractivity contribution in [3.63, 3.8) is 0 Å². The fourth-order valence-electron chi connectivity index (χ4n) is 2.42. The molecular formula is C18H10F24O4. The van der Waals surface area contributed by atoms with Crippen LogP contribution in [0.15, 0.2) is 0 Å². The van der Waals surface area contributed by atoms with E-state index in [0.29, 0.717) is 0 Å². The molecule has 0 saturated heterocycles. The molecule has 0 amide bonds. The van der Waals surface area contributed by atoms with Gasteiger partial charge in [0.25, 0.3) is 0 Å². The molecule has 274 valence electrons. The largest absolute Gasteiger partial charge is 0.459 e. The van der Waals surface area contributed by atoms with Crippen LogP contribution in [0.2, 0.25) is 0 Å². The van der Waals surface area contributed by atoms with Crippen molar-refractivity contribution in [3.8, 4) is 0 Å². The number of ether oxygens (including phenoxy) is 2. The molecule has 0 unspecified atom stereocenters. The van der Waals surface area contributed by atoms with Crippen LogP contribution in [0.5, 0.6) is 0 Å². The molecule has 46 heavy (non-hydrogen) atoms. The minimum absolute atomic E-state index is 1.99. The summed E-state index contributed by atoms with van der Waals surface area (Å²) in [6, 6.07) is 0. The number of carbonyl (C=O) groups excluding carboxylic acids is 2. The van der Waals surface area contributed by atoms with Crippen molar-refractivity contribution in [1.29, 1.82) is 0 Å². The molecule has 0 fully saturated rings. The van der Waals surface area contributed by atoms with Gasteiger partial charge < -0.3 is 9.47 Å². The quantitative estimate of drug-likeness (QED) is 0.113. The van der Waals surface area contributed by atoms with E-state index in [9.17, 15) is 115 Å². The minimum atomic E-state index is -8.04. The molecule has 0 saturated carbocycles. The van der Waals surface area contributed by atoms with Crippen LogP contribution in [0.3, 0.4) is 0 Å². The molecule has 0 aliphatic carbocycles. The van der Waals surface area contributed by atoms with Crippen molar-refractivity contribution < 1.29 is 124 Å². The van der Waals surface area contributed by atoms with Crippen LogP contribution < -0.4 is 0 Å². The highest BCUT2D eigenvalue weighted by atomic mass is 19.4. The summed E-state index contributed by atoms with van der Waals surface area (Å²) in [6.07, 6.45) is -15.7. The van der Waals surface area contributed by atoms with Crippen molar-refractivity contribution in [2.24, 2.45) is 0 Å². The molecule has 0 N–H and O–H groups in total. The number of rotatable bonds is 17. The maximum Gasteiger partial charge on any atom is 0.384 e. The molecule has 0 rings (SSSR count). The van der Waals surface area contributed by atoms with E-state index in [-0.39, 0.29) is 0 Å². The first kappa shape index (κ1) is 43.3. The zero-order valence-electron chi connectivity index (χ0n) is 20.7. The molecule has 0 radical (unpaired) electrons. The lowest BCUT2D eigenvalue weighted by Gasteiger charge is -2.38. The molecule has 0 atom stereocenters. The van der Waals surface area contributed by atoms with Crippen molar-refractivity contribution in [1.82, 2.24) is 0 Å². The van der Waals surface area contributed by atoms with Crippen molar-refractivity contribution in [2.75, 3.05) is 13.2 Å². The monoisotopic (exact) mass is 746 g/mol. The lowest BCUT2D eigenvalue weighted by atomic mass is 9.94. The summed E-state index contributed by atoms with van der Waals surface area (Å²) in [5.41, 5.74) is 0. The maximum absolute atomic E-state index is 13.5. The average molecular weight is 746 g/mol. The Kier molecular flexibility index (Phi) is 11.9. The summed E-state index contributed by atoms with van der Waals surface area (Å²) in [6.45, 7) is -7.03. The van der Waals surface area contributed by atoms with E-state index in [1.54, 1.807) is 0 Å². The fraction of sp³-hybridized carbons (Fsp3) is 0.889. The number of hydrogen-bond donors (Lipinski definition) is 0. The molecule has 0 spiro atoms. The zero-order chi connectivity index (χ0) is 37.6. The van der Waals surface area contributed by atoms with Gasteiger partial charge in [-0.25, -0.2) is 17.6 Å². The Bertz CT molecular complexity index is 999. The third-order valence-electron chi connectivity index (χ3n) is 5.24. The molecule has 0 aromatic rings. The first-order valence-corrected chi connectivity index (χ1v) is 10.5. The van der Waals surface area contributed by atoms with Gasteiger partial charge in [0.05, 0.1) is 12.8 Å². The van der Waals surface area contributed by atoms with Gasteiger partial charge in [0.2, 0.25) is 0 Å². The van der Waals surface area contributed by atoms with Crippen LogP contribution in [0.1, 0.15) is 12.8 Å². The summed E-state index contributed by atoms with van der Waals surface area (Å²) in [5, 5.41) is 0. The standard InChI is InChI=1S/C18H10F24O4/c19-7(20)11(27,28)15(35,36)17(39,40)13(31,32)9(23,24)3-45-5(43)1-2-6(44)46-4-10(25,26)14(33,34)18(41,42)16(37,38)12(29,30)8(21)22/h7-8H,1-4H2. The third kappa shape index (κ3) is 6.93. The van der Waals surface area contributed by atoms with E-state index in [0.717, 1.165) is 0 Å². The Hall–Kier alpha value is -2.74. The van der Waals surface area contributed by atoms with Gasteiger partial charge in [-0.2, -0.15) is 87.8 Å². The summed E-state index contributed by atoms with van der Waals surface area (Å²) >= 11 is 0. The number of alkyl halides is 24. The van der Waals surface area contributed by atoms with Gasteiger partial charge in [0, 0.05) is 0 Å². The van der Waals surface area contributed by atoms with E-state index < -0.39 is 110 Å². The van der Waals surface area contributed by atoms with E-state index in [2.05, 4.69) is 9.47 Å². The average Bonchev–Trinajstić information content (AvgIpc) is 2.88. The lowest BCUT2D eigenvalue weighted by molar-refractivity contribution is -0.414. The highest BCUT2D eigenvalue weighted by molar-refractivity contribution is 5.77. The first-order chi connectivity index (χ1) is 19.9. The Labute approximate surface area is 235 Å². The predicted octanol–water partition coefficient (Wildman–Crippen LogP) is 7.74. The minimum Gasteiger partial charge on any atom is -0.459 e. The highest BCUT2D eigenvalue weighted by Crippen LogP contribution is 2.59. The van der Waals surface area contributed by atoms with Gasteiger partial charge in [-0.15, -0.1) is 0 Å². The SMILES string of the molecule is O=C(CCC(=O)OCC(F)(F)C(F)(F)C(F)(F)C(F)(F)C(F)(F)C(F)F)OCC(F)(F)C(F)(F)C(F)(F)C(F)(F)C(F)(F)C(F)F. The second-order valence-corrected chi connectivity index (χ2v) is 8.52. The summed E-state index contributed by atoms with van der Waals surface area (Å²) in [7, 11) is 0. The molecular weight excluding hydrogens is 736 g/mol. The summed E-state index contributed by atoms with van der Waals surface area (Å²) in [4.78, 5) is 22.4. The molecule has 0 heterocycles. The highest BCUT2D eigenvalue weighted by Gasteiger charge is 2.89. The second kappa shape index (κ2) is 12.7. The summed E-state index contributed by atoms with van der Waals surface area (Å²) in [5.74, 6) is -81.0. The maximum atomic E-state index is 13.5. The van der Waals surface area contributed by atoms with Crippen molar-refractivity contribution in [2.45, 2.75) is 84.9 Å². The lowest BCUT2D eigenvalue weighted by Crippen LogP contribution is -2.69. The predicted molar refractivity (Wildman–Crippen MR) is 92.6 cm³/mol. The third-order valence-corrected chi connectivity index (χ3v) is 5.24. The Morgan fingerprint density at radius 1 is 0.391 bits per heavy atom. The van der Waals surface area contributed by atoms with Crippen LogP contribution in [-0.2, 0) is 19.1 Å². The van der Waals surface area contributed by atoms with Gasteiger partial charge in [-0.05, 0) is 0 Å². The van der Waals surface area contributed by atoms with E-state index in [1.807, 2.05) is 0 Å². The molecule has 0 aromatic heterocycles. The molecule has 0 aromatic carbocycles. The van der Waals surface area contributed by atoms with Crippen LogP contribution in [0.25, 0.3) is 0 Å². The number of halogens is 24. The number of esters is 2. The molecule has 28 heteroatoms. The number of hydrogen-bond acceptors (Lipinski definition) is 4. The Balaban J connectivity index is 5.53. The zero-order valence-corrected chi connectivity index (χ0v) is 20.7. The first-order valence-electron chi connectivity index (χ1n) is 10.5. The van der Waals surface area contributed by atoms with Crippen molar-refractivity contribution >= 4 is 11.9 Å². The smallest absolute Gasteiger partial charge is 0.384 e. The summed E-state index contributed by atoms with van der Waals surface area (Å²) < 4.78 is 319. The topological polar surface area (TPSA) is 52.6 Å².